The molecule has 0 bridgehead atoms. The number of nitrogens with one attached hydrogen (secondary N) is 1. The Labute approximate surface area is 120 Å². The van der Waals surface area contributed by atoms with Crippen molar-refractivity contribution >= 4 is 23.2 Å². The normalized spacial score (nSPS) is 13.3. The smallest absolute Gasteiger partial charge is 0.0639 e. The summed E-state index contributed by atoms with van der Waals surface area (Å²) < 4.78 is 0. The molecule has 0 heterocycles. The van der Waals surface area contributed by atoms with E-state index < -0.39 is 0 Å². The molecule has 102 valence electrons. The Kier molecular flexibility index (Phi) is 6.44. The Bertz CT molecular complexity index is 380. The number of hydrogen-bond donors (Lipinski definition) is 1. The molecule has 0 saturated carbocycles. The Morgan fingerprint density at radius 2 is 1.89 bits per heavy atom. The maximum atomic E-state index is 6.20. The topological polar surface area (TPSA) is 15.3 Å². The van der Waals surface area contributed by atoms with Gasteiger partial charge in [-0.25, -0.2) is 0 Å². The van der Waals surface area contributed by atoms with Crippen molar-refractivity contribution < 1.29 is 0 Å². The molecule has 1 rings (SSSR count). The van der Waals surface area contributed by atoms with E-state index >= 15 is 0 Å². The molecule has 0 aliphatic carbocycles. The van der Waals surface area contributed by atoms with Gasteiger partial charge in [0, 0.05) is 25.2 Å². The minimum atomic E-state index is 0.205. The summed E-state index contributed by atoms with van der Waals surface area (Å²) in [7, 11) is 2.13. The number of halogens is 2. The first-order valence-corrected chi connectivity index (χ1v) is 7.06. The average molecular weight is 289 g/mol. The zero-order chi connectivity index (χ0) is 13.7. The van der Waals surface area contributed by atoms with Crippen LogP contribution in [-0.4, -0.2) is 31.1 Å². The summed E-state index contributed by atoms with van der Waals surface area (Å²) in [5.41, 5.74) is 1.05. The first kappa shape index (κ1) is 15.8. The lowest BCUT2D eigenvalue weighted by atomic mass is 10.1. The number of benzene rings is 1. The van der Waals surface area contributed by atoms with Crippen molar-refractivity contribution in [1.29, 1.82) is 0 Å². The molecule has 0 spiro atoms. The van der Waals surface area contributed by atoms with E-state index in [1.807, 2.05) is 18.2 Å². The van der Waals surface area contributed by atoms with Crippen molar-refractivity contribution in [3.8, 4) is 0 Å². The Morgan fingerprint density at radius 1 is 1.22 bits per heavy atom. The van der Waals surface area contributed by atoms with Crippen LogP contribution in [-0.2, 0) is 0 Å². The molecule has 0 aliphatic rings. The van der Waals surface area contributed by atoms with Crippen LogP contribution in [0.5, 0.6) is 0 Å². The van der Waals surface area contributed by atoms with Crippen molar-refractivity contribution in [2.75, 3.05) is 20.1 Å². The van der Waals surface area contributed by atoms with E-state index in [4.69, 9.17) is 23.2 Å². The van der Waals surface area contributed by atoms with Gasteiger partial charge in [-0.05, 0) is 39.4 Å². The summed E-state index contributed by atoms with van der Waals surface area (Å²) in [6, 6.07) is 6.53. The van der Waals surface area contributed by atoms with Crippen LogP contribution in [0.1, 0.15) is 32.4 Å². The van der Waals surface area contributed by atoms with Gasteiger partial charge in [0.25, 0.3) is 0 Å². The Balaban J connectivity index is 2.50. The number of rotatable bonds is 6. The first-order chi connectivity index (χ1) is 8.43. The lowest BCUT2D eigenvalue weighted by Crippen LogP contribution is -2.34. The maximum Gasteiger partial charge on any atom is 0.0639 e. The van der Waals surface area contributed by atoms with Gasteiger partial charge in [-0.3, -0.25) is 0 Å². The third-order valence-corrected chi connectivity index (χ3v) is 4.08. The van der Waals surface area contributed by atoms with Gasteiger partial charge in [0.15, 0.2) is 0 Å². The third kappa shape index (κ3) is 4.43. The largest absolute Gasteiger partial charge is 0.309 e. The van der Waals surface area contributed by atoms with Gasteiger partial charge in [-0.2, -0.15) is 0 Å². The number of nitrogens with zero attached hydrogens (tertiary/aromatic N) is 1. The molecule has 2 nitrogen and oxygen atoms in total. The highest BCUT2D eigenvalue weighted by atomic mass is 35.5. The predicted molar refractivity (Wildman–Crippen MR) is 80.6 cm³/mol. The fourth-order valence-electron chi connectivity index (χ4n) is 1.68. The second-order valence-electron chi connectivity index (χ2n) is 4.89. The van der Waals surface area contributed by atoms with Crippen molar-refractivity contribution in [2.45, 2.75) is 32.9 Å². The minimum absolute atomic E-state index is 0.205. The summed E-state index contributed by atoms with van der Waals surface area (Å²) in [5.74, 6) is 0. The highest BCUT2D eigenvalue weighted by Gasteiger charge is 2.11. The van der Waals surface area contributed by atoms with E-state index in [9.17, 15) is 0 Å². The van der Waals surface area contributed by atoms with Gasteiger partial charge in [0.05, 0.1) is 10.0 Å². The van der Waals surface area contributed by atoms with Gasteiger partial charge >= 0.3 is 0 Å². The maximum absolute atomic E-state index is 6.20. The van der Waals surface area contributed by atoms with Crippen LogP contribution < -0.4 is 5.32 Å². The van der Waals surface area contributed by atoms with Gasteiger partial charge < -0.3 is 10.2 Å². The van der Waals surface area contributed by atoms with Gasteiger partial charge in [0.1, 0.15) is 0 Å². The standard InChI is InChI=1S/C14H22Cl2N2/c1-10(2)18(4)9-8-17-11(3)12-6-5-7-13(15)14(12)16/h5-7,10-11,17H,8-9H2,1-4H3. The van der Waals surface area contributed by atoms with Crippen LogP contribution >= 0.6 is 23.2 Å². The Hall–Kier alpha value is -0.280. The SMILES string of the molecule is CC(NCCN(C)C(C)C)c1cccc(Cl)c1Cl. The van der Waals surface area contributed by atoms with Gasteiger partial charge in [-0.15, -0.1) is 0 Å². The van der Waals surface area contributed by atoms with Crippen LogP contribution in [0.3, 0.4) is 0 Å². The molecular weight excluding hydrogens is 267 g/mol. The molecule has 0 amide bonds. The number of hydrogen-bond acceptors (Lipinski definition) is 2. The van der Waals surface area contributed by atoms with Crippen LogP contribution in [0.15, 0.2) is 18.2 Å². The Morgan fingerprint density at radius 3 is 2.50 bits per heavy atom. The zero-order valence-electron chi connectivity index (χ0n) is 11.5. The zero-order valence-corrected chi connectivity index (χ0v) is 13.0. The number of likely N-dealkylation sites (N-methyl/N-ethyl adjacent to an activating group) is 1. The van der Waals surface area contributed by atoms with E-state index in [2.05, 4.69) is 38.0 Å². The summed E-state index contributed by atoms with van der Waals surface area (Å²) in [6.45, 7) is 8.43. The molecule has 1 atom stereocenters. The third-order valence-electron chi connectivity index (χ3n) is 3.24. The average Bonchev–Trinajstić information content (AvgIpc) is 2.32. The molecule has 4 heteroatoms. The van der Waals surface area contributed by atoms with Crippen molar-refractivity contribution in [1.82, 2.24) is 10.2 Å². The van der Waals surface area contributed by atoms with Crippen molar-refractivity contribution in [3.63, 3.8) is 0 Å². The van der Waals surface area contributed by atoms with E-state index in [0.717, 1.165) is 18.7 Å². The molecule has 0 aromatic heterocycles. The predicted octanol–water partition coefficient (Wildman–Crippen LogP) is 3.98. The van der Waals surface area contributed by atoms with E-state index in [1.54, 1.807) is 0 Å². The van der Waals surface area contributed by atoms with Crippen LogP contribution in [0, 0.1) is 0 Å². The molecule has 0 saturated heterocycles. The summed E-state index contributed by atoms with van der Waals surface area (Å²) in [6.07, 6.45) is 0. The fraction of sp³-hybridized carbons (Fsp3) is 0.571. The highest BCUT2D eigenvalue weighted by Crippen LogP contribution is 2.29. The summed E-state index contributed by atoms with van der Waals surface area (Å²) in [5, 5.41) is 4.73. The molecule has 1 unspecified atom stereocenters. The van der Waals surface area contributed by atoms with Gasteiger partial charge in [0.2, 0.25) is 0 Å². The molecule has 0 radical (unpaired) electrons. The summed E-state index contributed by atoms with van der Waals surface area (Å²) >= 11 is 12.2. The quantitative estimate of drug-likeness (QED) is 0.852. The molecule has 0 fully saturated rings. The summed E-state index contributed by atoms with van der Waals surface area (Å²) in [4.78, 5) is 2.30. The first-order valence-electron chi connectivity index (χ1n) is 6.31. The molecule has 1 N–H and O–H groups in total. The second kappa shape index (κ2) is 7.34. The fourth-order valence-corrected chi connectivity index (χ4v) is 2.15. The minimum Gasteiger partial charge on any atom is -0.309 e. The van der Waals surface area contributed by atoms with Gasteiger partial charge in [-0.1, -0.05) is 35.3 Å². The van der Waals surface area contributed by atoms with Crippen LogP contribution in [0.2, 0.25) is 10.0 Å². The molecule has 0 aliphatic heterocycles. The lowest BCUT2D eigenvalue weighted by Gasteiger charge is -2.23. The van der Waals surface area contributed by atoms with Crippen LogP contribution in [0.25, 0.3) is 0 Å². The van der Waals surface area contributed by atoms with Crippen LogP contribution in [0.4, 0.5) is 0 Å². The van der Waals surface area contributed by atoms with E-state index in [-0.39, 0.29) is 6.04 Å². The highest BCUT2D eigenvalue weighted by molar-refractivity contribution is 6.42. The van der Waals surface area contributed by atoms with Crippen molar-refractivity contribution in [3.05, 3.63) is 33.8 Å². The monoisotopic (exact) mass is 288 g/mol. The van der Waals surface area contributed by atoms with E-state index in [0.29, 0.717) is 16.1 Å². The molecular formula is C14H22Cl2N2. The molecule has 18 heavy (non-hydrogen) atoms. The molecule has 1 aromatic rings. The van der Waals surface area contributed by atoms with E-state index in [1.165, 1.54) is 0 Å². The lowest BCUT2D eigenvalue weighted by molar-refractivity contribution is 0.270. The van der Waals surface area contributed by atoms with Crippen molar-refractivity contribution in [2.24, 2.45) is 0 Å². The molecule has 1 aromatic carbocycles. The second-order valence-corrected chi connectivity index (χ2v) is 5.68.